The molecule has 16 heavy (non-hydrogen) atoms. The number of hydrogen-bond donors (Lipinski definition) is 1. The Bertz CT molecular complexity index is 387. The first kappa shape index (κ1) is 13.6. The molecule has 1 atom stereocenters. The fourth-order valence-electron chi connectivity index (χ4n) is 1.40. The molecule has 0 saturated heterocycles. The molecule has 0 saturated carbocycles. The Kier molecular flexibility index (Phi) is 5.37. The minimum atomic E-state index is -2.90. The zero-order valence-electron chi connectivity index (χ0n) is 9.64. The molecule has 1 aromatic rings. The van der Waals surface area contributed by atoms with E-state index in [1.54, 1.807) is 5.51 Å². The van der Waals surface area contributed by atoms with Gasteiger partial charge in [0.05, 0.1) is 23.0 Å². The van der Waals surface area contributed by atoms with Crippen LogP contribution >= 0.6 is 11.3 Å². The molecule has 0 aliphatic carbocycles. The number of rotatable bonds is 7. The largest absolute Gasteiger partial charge is 0.309 e. The number of nitrogens with one attached hydrogen (secondary N) is 1. The minimum Gasteiger partial charge on any atom is -0.309 e. The molecule has 0 radical (unpaired) electrons. The average Bonchev–Trinajstić information content (AvgIpc) is 2.69. The molecule has 0 bridgehead atoms. The van der Waals surface area contributed by atoms with Crippen molar-refractivity contribution in [3.05, 3.63) is 16.6 Å². The maximum atomic E-state index is 11.1. The smallest absolute Gasteiger partial charge is 0.147 e. The number of sulfone groups is 1. The second kappa shape index (κ2) is 6.32. The summed E-state index contributed by atoms with van der Waals surface area (Å²) in [6.45, 7) is 2.97. The Morgan fingerprint density at radius 3 is 2.81 bits per heavy atom. The van der Waals surface area contributed by atoms with Crippen molar-refractivity contribution in [3.63, 3.8) is 0 Å². The molecular formula is C10H18N2O2S2. The van der Waals surface area contributed by atoms with Gasteiger partial charge in [0.15, 0.2) is 0 Å². The van der Waals surface area contributed by atoms with Crippen LogP contribution in [0.2, 0.25) is 0 Å². The molecule has 1 heterocycles. The first-order chi connectivity index (χ1) is 7.53. The van der Waals surface area contributed by atoms with E-state index in [0.717, 1.165) is 18.7 Å². The lowest BCUT2D eigenvalue weighted by atomic mass is 10.1. The van der Waals surface area contributed by atoms with Gasteiger partial charge in [0, 0.05) is 11.6 Å². The molecule has 0 aliphatic heterocycles. The maximum Gasteiger partial charge on any atom is 0.147 e. The van der Waals surface area contributed by atoms with Crippen molar-refractivity contribution in [2.24, 2.45) is 0 Å². The van der Waals surface area contributed by atoms with Gasteiger partial charge in [-0.1, -0.05) is 6.92 Å². The first-order valence-corrected chi connectivity index (χ1v) is 8.32. The van der Waals surface area contributed by atoms with Gasteiger partial charge in [-0.05, 0) is 19.4 Å². The van der Waals surface area contributed by atoms with Crippen LogP contribution in [-0.4, -0.2) is 32.0 Å². The van der Waals surface area contributed by atoms with E-state index in [-0.39, 0.29) is 11.8 Å². The van der Waals surface area contributed by atoms with Gasteiger partial charge in [0.1, 0.15) is 9.84 Å². The monoisotopic (exact) mass is 262 g/mol. The Labute approximate surface area is 101 Å². The van der Waals surface area contributed by atoms with Crippen LogP contribution in [-0.2, 0) is 9.84 Å². The molecule has 1 rings (SSSR count). The molecule has 1 unspecified atom stereocenters. The third-order valence-corrected chi connectivity index (χ3v) is 3.81. The van der Waals surface area contributed by atoms with Crippen molar-refractivity contribution in [1.82, 2.24) is 10.3 Å². The molecule has 1 N–H and O–H groups in total. The predicted octanol–water partition coefficient (Wildman–Crippen LogP) is 1.62. The van der Waals surface area contributed by atoms with Crippen molar-refractivity contribution < 1.29 is 8.42 Å². The SMILES string of the molecule is CCCNC(CCS(C)(=O)=O)c1cscn1. The summed E-state index contributed by atoms with van der Waals surface area (Å²) in [6.07, 6.45) is 2.88. The van der Waals surface area contributed by atoms with Crippen LogP contribution < -0.4 is 5.32 Å². The normalized spacial score (nSPS) is 13.9. The van der Waals surface area contributed by atoms with Crippen LogP contribution in [0.5, 0.6) is 0 Å². The van der Waals surface area contributed by atoms with Crippen LogP contribution in [0.3, 0.4) is 0 Å². The van der Waals surface area contributed by atoms with E-state index in [4.69, 9.17) is 0 Å². The van der Waals surface area contributed by atoms with E-state index in [2.05, 4.69) is 17.2 Å². The van der Waals surface area contributed by atoms with Crippen molar-refractivity contribution in [2.75, 3.05) is 18.6 Å². The van der Waals surface area contributed by atoms with E-state index >= 15 is 0 Å². The lowest BCUT2D eigenvalue weighted by Crippen LogP contribution is -2.24. The summed E-state index contributed by atoms with van der Waals surface area (Å²) < 4.78 is 22.3. The first-order valence-electron chi connectivity index (χ1n) is 5.32. The zero-order chi connectivity index (χ0) is 12.0. The van der Waals surface area contributed by atoms with Crippen LogP contribution in [0.4, 0.5) is 0 Å². The second-order valence-electron chi connectivity index (χ2n) is 3.84. The highest BCUT2D eigenvalue weighted by Crippen LogP contribution is 2.17. The molecule has 4 nitrogen and oxygen atoms in total. The molecule has 92 valence electrons. The Hall–Kier alpha value is -0.460. The van der Waals surface area contributed by atoms with Crippen LogP contribution in [0.25, 0.3) is 0 Å². The van der Waals surface area contributed by atoms with Crippen molar-refractivity contribution >= 4 is 21.2 Å². The second-order valence-corrected chi connectivity index (χ2v) is 6.82. The summed E-state index contributed by atoms with van der Waals surface area (Å²) in [6, 6.07) is 0.0564. The highest BCUT2D eigenvalue weighted by molar-refractivity contribution is 7.90. The van der Waals surface area contributed by atoms with E-state index < -0.39 is 9.84 Å². The summed E-state index contributed by atoms with van der Waals surface area (Å²) in [7, 11) is -2.90. The molecule has 0 amide bonds. The Morgan fingerprint density at radius 2 is 2.31 bits per heavy atom. The predicted molar refractivity (Wildman–Crippen MR) is 67.5 cm³/mol. The molecular weight excluding hydrogens is 244 g/mol. The van der Waals surface area contributed by atoms with Crippen molar-refractivity contribution in [3.8, 4) is 0 Å². The standard InChI is InChI=1S/C10H18N2O2S2/c1-3-5-11-9(4-6-16(2,13)14)10-7-15-8-12-10/h7-9,11H,3-6H2,1-2H3. The van der Waals surface area contributed by atoms with Crippen molar-refractivity contribution in [2.45, 2.75) is 25.8 Å². The number of aromatic nitrogens is 1. The van der Waals surface area contributed by atoms with E-state index in [9.17, 15) is 8.42 Å². The molecule has 1 aromatic heterocycles. The van der Waals surface area contributed by atoms with Gasteiger partial charge in [0.25, 0.3) is 0 Å². The van der Waals surface area contributed by atoms with Gasteiger partial charge in [-0.25, -0.2) is 13.4 Å². The van der Waals surface area contributed by atoms with Crippen LogP contribution in [0.15, 0.2) is 10.9 Å². The highest BCUT2D eigenvalue weighted by atomic mass is 32.2. The highest BCUT2D eigenvalue weighted by Gasteiger charge is 2.15. The summed E-state index contributed by atoms with van der Waals surface area (Å²) in [5, 5.41) is 5.29. The molecule has 6 heteroatoms. The number of hydrogen-bond acceptors (Lipinski definition) is 5. The van der Waals surface area contributed by atoms with Gasteiger partial charge in [-0.2, -0.15) is 0 Å². The van der Waals surface area contributed by atoms with E-state index in [1.807, 2.05) is 5.38 Å². The maximum absolute atomic E-state index is 11.1. The summed E-state index contributed by atoms with van der Waals surface area (Å²) >= 11 is 1.53. The third-order valence-electron chi connectivity index (χ3n) is 2.23. The summed E-state index contributed by atoms with van der Waals surface area (Å²) in [5.74, 6) is 0.200. The van der Waals surface area contributed by atoms with Gasteiger partial charge in [-0.3, -0.25) is 0 Å². The van der Waals surface area contributed by atoms with Crippen LogP contribution in [0.1, 0.15) is 31.5 Å². The lowest BCUT2D eigenvalue weighted by Gasteiger charge is -2.15. The molecule has 0 aliphatic rings. The third kappa shape index (κ3) is 5.05. The fraction of sp³-hybridized carbons (Fsp3) is 0.700. The Morgan fingerprint density at radius 1 is 1.56 bits per heavy atom. The van der Waals surface area contributed by atoms with Crippen LogP contribution in [0, 0.1) is 0 Å². The number of thiazole rings is 1. The topological polar surface area (TPSA) is 59.1 Å². The van der Waals surface area contributed by atoms with Gasteiger partial charge in [-0.15, -0.1) is 11.3 Å². The Balaban J connectivity index is 2.58. The van der Waals surface area contributed by atoms with E-state index in [1.165, 1.54) is 17.6 Å². The fourth-order valence-corrected chi connectivity index (χ4v) is 2.67. The van der Waals surface area contributed by atoms with Crippen molar-refractivity contribution in [1.29, 1.82) is 0 Å². The lowest BCUT2D eigenvalue weighted by molar-refractivity contribution is 0.505. The molecule has 0 aromatic carbocycles. The summed E-state index contributed by atoms with van der Waals surface area (Å²) in [5.41, 5.74) is 2.72. The summed E-state index contributed by atoms with van der Waals surface area (Å²) in [4.78, 5) is 4.23. The average molecular weight is 262 g/mol. The molecule has 0 fully saturated rings. The van der Waals surface area contributed by atoms with Gasteiger partial charge in [0.2, 0.25) is 0 Å². The van der Waals surface area contributed by atoms with E-state index in [0.29, 0.717) is 6.42 Å². The minimum absolute atomic E-state index is 0.0564. The quantitative estimate of drug-likeness (QED) is 0.811. The van der Waals surface area contributed by atoms with Gasteiger partial charge >= 0.3 is 0 Å². The van der Waals surface area contributed by atoms with Gasteiger partial charge < -0.3 is 5.32 Å². The molecule has 0 spiro atoms. The zero-order valence-corrected chi connectivity index (χ0v) is 11.3. The number of nitrogens with zero attached hydrogens (tertiary/aromatic N) is 1.